The second-order valence-corrected chi connectivity index (χ2v) is 10.2. The molecule has 20 heavy (non-hydrogen) atoms. The third kappa shape index (κ3) is 3.44. The molecule has 0 aromatic carbocycles. The van der Waals surface area contributed by atoms with Gasteiger partial charge in [-0.1, -0.05) is 11.6 Å². The lowest BCUT2D eigenvalue weighted by molar-refractivity contribution is 0.285. The van der Waals surface area contributed by atoms with E-state index in [0.717, 1.165) is 4.88 Å². The lowest BCUT2D eigenvalue weighted by Crippen LogP contribution is -2.26. The van der Waals surface area contributed by atoms with Crippen LogP contribution in [0.25, 0.3) is 0 Å². The quantitative estimate of drug-likeness (QED) is 0.811. The summed E-state index contributed by atoms with van der Waals surface area (Å²) in [7, 11) is -2.08. The van der Waals surface area contributed by atoms with Crippen molar-refractivity contribution in [3.8, 4) is 0 Å². The summed E-state index contributed by atoms with van der Waals surface area (Å²) in [5, 5.41) is 9.09. The van der Waals surface area contributed by atoms with Gasteiger partial charge in [0, 0.05) is 23.3 Å². The highest BCUT2D eigenvalue weighted by Crippen LogP contribution is 2.34. The van der Waals surface area contributed by atoms with E-state index >= 15 is 0 Å². The van der Waals surface area contributed by atoms with E-state index in [1.165, 1.54) is 40.1 Å². The minimum atomic E-state index is -3.60. The second kappa shape index (κ2) is 6.43. The number of thiophene rings is 2. The summed E-state index contributed by atoms with van der Waals surface area (Å²) in [6.07, 6.45) is 0. The molecule has 9 heteroatoms. The van der Waals surface area contributed by atoms with E-state index in [-0.39, 0.29) is 18.0 Å². The molecule has 0 radical (unpaired) electrons. The fourth-order valence-corrected chi connectivity index (χ4v) is 6.42. The lowest BCUT2D eigenvalue weighted by atomic mass is 10.5. The van der Waals surface area contributed by atoms with Gasteiger partial charge < -0.3 is 5.11 Å². The fourth-order valence-electron chi connectivity index (χ4n) is 1.56. The van der Waals surface area contributed by atoms with Crippen LogP contribution < -0.4 is 0 Å². The number of aliphatic hydroxyl groups excluding tert-OH is 1. The third-order valence-corrected chi connectivity index (χ3v) is 7.81. The number of rotatable bonds is 5. The highest BCUT2D eigenvalue weighted by atomic mass is 79.9. The van der Waals surface area contributed by atoms with Crippen molar-refractivity contribution in [2.75, 3.05) is 7.05 Å². The maximum atomic E-state index is 12.5. The molecular weight excluding hydrogens is 406 g/mol. The first-order valence-electron chi connectivity index (χ1n) is 5.44. The molecule has 0 saturated carbocycles. The van der Waals surface area contributed by atoms with Gasteiger partial charge in [0.05, 0.1) is 14.7 Å². The molecule has 0 saturated heterocycles. The van der Waals surface area contributed by atoms with E-state index < -0.39 is 10.0 Å². The van der Waals surface area contributed by atoms with Crippen molar-refractivity contribution in [1.82, 2.24) is 4.31 Å². The minimum Gasteiger partial charge on any atom is -0.391 e. The number of hydrogen-bond donors (Lipinski definition) is 1. The van der Waals surface area contributed by atoms with Crippen molar-refractivity contribution in [3.05, 3.63) is 36.1 Å². The van der Waals surface area contributed by atoms with Crippen molar-refractivity contribution in [2.45, 2.75) is 18.0 Å². The normalized spacial score (nSPS) is 12.2. The first-order chi connectivity index (χ1) is 9.34. The predicted molar refractivity (Wildman–Crippen MR) is 85.9 cm³/mol. The SMILES string of the molecule is CN(Cc1ccc(Cl)s1)S(=O)(=O)c1cc(CO)sc1Br. The molecule has 0 aliphatic rings. The number of hydrogen-bond acceptors (Lipinski definition) is 5. The molecule has 0 amide bonds. The van der Waals surface area contributed by atoms with Gasteiger partial charge in [0.25, 0.3) is 0 Å². The average molecular weight is 417 g/mol. The van der Waals surface area contributed by atoms with Gasteiger partial charge in [0.2, 0.25) is 10.0 Å². The van der Waals surface area contributed by atoms with Gasteiger partial charge in [-0.25, -0.2) is 8.42 Å². The number of nitrogens with zero attached hydrogens (tertiary/aromatic N) is 1. The van der Waals surface area contributed by atoms with Crippen LogP contribution in [-0.4, -0.2) is 24.9 Å². The van der Waals surface area contributed by atoms with Crippen molar-refractivity contribution < 1.29 is 13.5 Å². The minimum absolute atomic E-state index is 0.178. The van der Waals surface area contributed by atoms with E-state index in [9.17, 15) is 8.42 Å². The Hall–Kier alpha value is 0.0400. The van der Waals surface area contributed by atoms with Crippen molar-refractivity contribution in [3.63, 3.8) is 0 Å². The van der Waals surface area contributed by atoms with Crippen LogP contribution >= 0.6 is 50.2 Å². The van der Waals surface area contributed by atoms with E-state index in [1.54, 1.807) is 12.1 Å². The molecular formula is C11H11BrClNO3S3. The van der Waals surface area contributed by atoms with Crippen LogP contribution in [-0.2, 0) is 23.2 Å². The monoisotopic (exact) mass is 415 g/mol. The Morgan fingerprint density at radius 2 is 2.05 bits per heavy atom. The smallest absolute Gasteiger partial charge is 0.245 e. The summed E-state index contributed by atoms with van der Waals surface area (Å²) >= 11 is 11.6. The van der Waals surface area contributed by atoms with Crippen molar-refractivity contribution in [1.29, 1.82) is 0 Å². The Kier molecular flexibility index (Phi) is 5.28. The first kappa shape index (κ1) is 16.4. The van der Waals surface area contributed by atoms with E-state index in [1.807, 2.05) is 0 Å². The van der Waals surface area contributed by atoms with Gasteiger partial charge in [-0.05, 0) is 34.1 Å². The molecule has 2 aromatic heterocycles. The zero-order valence-corrected chi connectivity index (χ0v) is 15.1. The lowest BCUT2D eigenvalue weighted by Gasteiger charge is -2.15. The Balaban J connectivity index is 2.26. The molecule has 0 fully saturated rings. The summed E-state index contributed by atoms with van der Waals surface area (Å²) in [5.74, 6) is 0. The van der Waals surface area contributed by atoms with Crippen LogP contribution in [0.5, 0.6) is 0 Å². The van der Waals surface area contributed by atoms with Crippen LogP contribution in [0.1, 0.15) is 9.75 Å². The van der Waals surface area contributed by atoms with Gasteiger partial charge in [-0.15, -0.1) is 22.7 Å². The molecule has 2 aromatic rings. The highest BCUT2D eigenvalue weighted by molar-refractivity contribution is 9.11. The molecule has 2 heterocycles. The number of aliphatic hydroxyl groups is 1. The summed E-state index contributed by atoms with van der Waals surface area (Å²) in [4.78, 5) is 1.65. The molecule has 2 rings (SSSR count). The maximum Gasteiger partial charge on any atom is 0.245 e. The fraction of sp³-hybridized carbons (Fsp3) is 0.273. The van der Waals surface area contributed by atoms with Crippen molar-refractivity contribution >= 4 is 60.2 Å². The largest absolute Gasteiger partial charge is 0.391 e. The summed E-state index contributed by atoms with van der Waals surface area (Å²) in [6.45, 7) is 0.0828. The molecule has 110 valence electrons. The molecule has 0 aliphatic carbocycles. The maximum absolute atomic E-state index is 12.5. The summed E-state index contributed by atoms with van der Waals surface area (Å²) in [5.41, 5.74) is 0. The first-order valence-corrected chi connectivity index (χ1v) is 9.68. The molecule has 4 nitrogen and oxygen atoms in total. The summed E-state index contributed by atoms with van der Waals surface area (Å²) in [6, 6.07) is 5.04. The second-order valence-electron chi connectivity index (χ2n) is 3.98. The molecule has 1 N–H and O–H groups in total. The molecule has 0 unspecified atom stereocenters. The van der Waals surface area contributed by atoms with Crippen LogP contribution in [0, 0.1) is 0 Å². The van der Waals surface area contributed by atoms with E-state index in [0.29, 0.717) is 13.0 Å². The van der Waals surface area contributed by atoms with Crippen LogP contribution in [0.4, 0.5) is 0 Å². The van der Waals surface area contributed by atoms with E-state index in [4.69, 9.17) is 16.7 Å². The van der Waals surface area contributed by atoms with Gasteiger partial charge in [0.1, 0.15) is 4.90 Å². The zero-order chi connectivity index (χ0) is 14.9. The summed E-state index contributed by atoms with van der Waals surface area (Å²) < 4.78 is 27.4. The molecule has 0 bridgehead atoms. The van der Waals surface area contributed by atoms with Gasteiger partial charge in [-0.2, -0.15) is 4.31 Å². The predicted octanol–water partition coefficient (Wildman–Crippen LogP) is 3.54. The van der Waals surface area contributed by atoms with Crippen molar-refractivity contribution in [2.24, 2.45) is 0 Å². The third-order valence-electron chi connectivity index (χ3n) is 2.56. The number of sulfonamides is 1. The molecule has 0 atom stereocenters. The highest BCUT2D eigenvalue weighted by Gasteiger charge is 2.26. The number of halogens is 2. The van der Waals surface area contributed by atoms with Crippen LogP contribution in [0.15, 0.2) is 26.9 Å². The van der Waals surface area contributed by atoms with E-state index in [2.05, 4.69) is 15.9 Å². The Bertz CT molecular complexity index is 710. The van der Waals surface area contributed by atoms with Gasteiger partial charge in [0.15, 0.2) is 0 Å². The Morgan fingerprint density at radius 1 is 1.35 bits per heavy atom. The topological polar surface area (TPSA) is 57.6 Å². The Labute approximate surface area is 138 Å². The standard InChI is InChI=1S/C11H11BrClNO3S3/c1-14(5-7-2-3-10(13)18-7)20(16,17)9-4-8(6-15)19-11(9)12/h2-4,15H,5-6H2,1H3. The van der Waals surface area contributed by atoms with Crippen LogP contribution in [0.3, 0.4) is 0 Å². The average Bonchev–Trinajstić information content (AvgIpc) is 2.95. The molecule has 0 spiro atoms. The van der Waals surface area contributed by atoms with Crippen LogP contribution in [0.2, 0.25) is 4.34 Å². The Morgan fingerprint density at radius 3 is 2.55 bits per heavy atom. The molecule has 0 aliphatic heterocycles. The zero-order valence-electron chi connectivity index (χ0n) is 10.3. The van der Waals surface area contributed by atoms with Gasteiger partial charge in [-0.3, -0.25) is 0 Å². The van der Waals surface area contributed by atoms with Gasteiger partial charge >= 0.3 is 0 Å².